The molecule has 0 amide bonds. The van der Waals surface area contributed by atoms with Gasteiger partial charge in [-0.2, -0.15) is 13.2 Å². The van der Waals surface area contributed by atoms with Gasteiger partial charge < -0.3 is 0 Å². The van der Waals surface area contributed by atoms with Gasteiger partial charge in [0.1, 0.15) is 0 Å². The number of rotatable bonds is 4. The second kappa shape index (κ2) is 5.77. The van der Waals surface area contributed by atoms with Crippen LogP contribution in [-0.4, -0.2) is 16.6 Å². The van der Waals surface area contributed by atoms with Gasteiger partial charge in [0.25, 0.3) is 0 Å². The molecule has 90 valence electrons. The molecule has 0 bridgehead atoms. The Hall–Kier alpha value is -0.420. The van der Waals surface area contributed by atoms with E-state index in [1.54, 1.807) is 0 Å². The highest BCUT2D eigenvalue weighted by molar-refractivity contribution is 7.99. The van der Waals surface area contributed by atoms with Crippen molar-refractivity contribution in [2.45, 2.75) is 18.1 Å². The van der Waals surface area contributed by atoms with Crippen molar-refractivity contribution < 1.29 is 13.2 Å². The number of nitrogens with zero attached hydrogens (tertiary/aromatic N) is 1. The monoisotopic (exact) mass is 269 g/mol. The highest BCUT2D eigenvalue weighted by atomic mass is 35.5. The number of thioether (sulfide) groups is 1. The average molecular weight is 270 g/mol. The van der Waals surface area contributed by atoms with Crippen molar-refractivity contribution in [1.82, 2.24) is 4.98 Å². The van der Waals surface area contributed by atoms with Crippen LogP contribution in [0.25, 0.3) is 0 Å². The molecule has 0 aromatic carbocycles. The van der Waals surface area contributed by atoms with Gasteiger partial charge in [0.2, 0.25) is 0 Å². The van der Waals surface area contributed by atoms with Gasteiger partial charge in [0.05, 0.1) is 10.6 Å². The largest absolute Gasteiger partial charge is 0.416 e. The van der Waals surface area contributed by atoms with E-state index in [9.17, 15) is 13.2 Å². The van der Waals surface area contributed by atoms with Crippen LogP contribution in [0.4, 0.5) is 13.2 Å². The number of pyridine rings is 1. The number of alkyl halides is 4. The lowest BCUT2D eigenvalue weighted by Crippen LogP contribution is -2.05. The van der Waals surface area contributed by atoms with Gasteiger partial charge in [-0.3, -0.25) is 0 Å². The summed E-state index contributed by atoms with van der Waals surface area (Å²) in [6, 6.07) is 2.03. The van der Waals surface area contributed by atoms with Crippen molar-refractivity contribution in [1.29, 1.82) is 0 Å². The van der Waals surface area contributed by atoms with E-state index in [-0.39, 0.29) is 5.92 Å². The lowest BCUT2D eigenvalue weighted by Gasteiger charge is -2.09. The molecule has 0 saturated heterocycles. The minimum absolute atomic E-state index is 0.253. The molecule has 16 heavy (non-hydrogen) atoms. The second-order valence-corrected chi connectivity index (χ2v) is 4.80. The molecule has 1 unspecified atom stereocenters. The molecular formula is C10H11ClF3NS. The summed E-state index contributed by atoms with van der Waals surface area (Å²) >= 11 is 6.90. The molecule has 1 aromatic rings. The van der Waals surface area contributed by atoms with E-state index >= 15 is 0 Å². The fourth-order valence-electron chi connectivity index (χ4n) is 0.937. The average Bonchev–Trinajstić information content (AvgIpc) is 2.25. The summed E-state index contributed by atoms with van der Waals surface area (Å²) in [4.78, 5) is 3.88. The molecule has 6 heteroatoms. The van der Waals surface area contributed by atoms with Crippen LogP contribution >= 0.6 is 23.4 Å². The SMILES string of the molecule is CC(CCl)CSc1cc(C(F)(F)F)ccn1. The molecule has 1 heterocycles. The van der Waals surface area contributed by atoms with Gasteiger partial charge in [-0.25, -0.2) is 4.98 Å². The summed E-state index contributed by atoms with van der Waals surface area (Å²) in [6.45, 7) is 1.94. The first-order valence-electron chi connectivity index (χ1n) is 4.65. The first-order chi connectivity index (χ1) is 7.43. The molecule has 0 radical (unpaired) electrons. The molecule has 1 rings (SSSR count). The summed E-state index contributed by atoms with van der Waals surface area (Å²) in [6.07, 6.45) is -3.13. The summed E-state index contributed by atoms with van der Waals surface area (Å²) in [5.74, 6) is 1.41. The molecule has 1 atom stereocenters. The van der Waals surface area contributed by atoms with Crippen LogP contribution in [0.15, 0.2) is 23.4 Å². The van der Waals surface area contributed by atoms with E-state index < -0.39 is 11.7 Å². The maximum absolute atomic E-state index is 12.4. The molecule has 0 spiro atoms. The summed E-state index contributed by atoms with van der Waals surface area (Å²) < 4.78 is 37.1. The van der Waals surface area contributed by atoms with Gasteiger partial charge >= 0.3 is 6.18 Å². The Labute approximate surface area is 101 Å². The van der Waals surface area contributed by atoms with E-state index in [1.807, 2.05) is 6.92 Å². The number of hydrogen-bond acceptors (Lipinski definition) is 2. The van der Waals surface area contributed by atoms with Crippen LogP contribution in [0, 0.1) is 5.92 Å². The fraction of sp³-hybridized carbons (Fsp3) is 0.500. The molecular weight excluding hydrogens is 259 g/mol. The highest BCUT2D eigenvalue weighted by Gasteiger charge is 2.30. The summed E-state index contributed by atoms with van der Waals surface area (Å²) in [7, 11) is 0. The van der Waals surface area contributed by atoms with Crippen LogP contribution in [0.3, 0.4) is 0 Å². The van der Waals surface area contributed by atoms with Crippen LogP contribution in [-0.2, 0) is 6.18 Å². The van der Waals surface area contributed by atoms with Crippen LogP contribution < -0.4 is 0 Å². The van der Waals surface area contributed by atoms with E-state index in [4.69, 9.17) is 11.6 Å². The molecule has 0 aliphatic rings. The number of halogens is 4. The Morgan fingerprint density at radius 1 is 1.50 bits per heavy atom. The minimum atomic E-state index is -4.31. The first kappa shape index (κ1) is 13.6. The van der Waals surface area contributed by atoms with Crippen molar-refractivity contribution >= 4 is 23.4 Å². The number of aromatic nitrogens is 1. The van der Waals surface area contributed by atoms with Gasteiger partial charge in [0, 0.05) is 17.8 Å². The van der Waals surface area contributed by atoms with E-state index in [0.29, 0.717) is 16.7 Å². The fourth-order valence-corrected chi connectivity index (χ4v) is 2.09. The van der Waals surface area contributed by atoms with E-state index in [1.165, 1.54) is 18.0 Å². The van der Waals surface area contributed by atoms with Gasteiger partial charge in [-0.15, -0.1) is 23.4 Å². The lowest BCUT2D eigenvalue weighted by molar-refractivity contribution is -0.137. The molecule has 1 aromatic heterocycles. The maximum Gasteiger partial charge on any atom is 0.416 e. The molecule has 0 aliphatic carbocycles. The Morgan fingerprint density at radius 3 is 2.75 bits per heavy atom. The van der Waals surface area contributed by atoms with Gasteiger partial charge in [-0.05, 0) is 18.1 Å². The third-order valence-electron chi connectivity index (χ3n) is 1.84. The topological polar surface area (TPSA) is 12.9 Å². The molecule has 0 fully saturated rings. The molecule has 0 aliphatic heterocycles. The Kier molecular flexibility index (Phi) is 4.92. The quantitative estimate of drug-likeness (QED) is 0.604. The molecule has 1 nitrogen and oxygen atoms in total. The van der Waals surface area contributed by atoms with E-state index in [0.717, 1.165) is 12.1 Å². The van der Waals surface area contributed by atoms with Crippen molar-refractivity contribution in [2.75, 3.05) is 11.6 Å². The van der Waals surface area contributed by atoms with Crippen molar-refractivity contribution in [3.63, 3.8) is 0 Å². The smallest absolute Gasteiger partial charge is 0.250 e. The third-order valence-corrected chi connectivity index (χ3v) is 3.62. The maximum atomic E-state index is 12.4. The standard InChI is InChI=1S/C10H11ClF3NS/c1-7(5-11)6-16-9-4-8(2-3-15-9)10(12,13)14/h2-4,7H,5-6H2,1H3. The zero-order chi connectivity index (χ0) is 12.2. The molecule has 0 saturated carbocycles. The zero-order valence-electron chi connectivity index (χ0n) is 8.59. The van der Waals surface area contributed by atoms with Crippen molar-refractivity contribution in [3.8, 4) is 0 Å². The van der Waals surface area contributed by atoms with Gasteiger partial charge in [0.15, 0.2) is 0 Å². The minimum Gasteiger partial charge on any atom is -0.250 e. The van der Waals surface area contributed by atoms with E-state index in [2.05, 4.69) is 4.98 Å². The Morgan fingerprint density at radius 2 is 2.19 bits per heavy atom. The second-order valence-electron chi connectivity index (χ2n) is 3.45. The van der Waals surface area contributed by atoms with Crippen molar-refractivity contribution in [3.05, 3.63) is 23.9 Å². The lowest BCUT2D eigenvalue weighted by atomic mass is 10.3. The van der Waals surface area contributed by atoms with Crippen molar-refractivity contribution in [2.24, 2.45) is 5.92 Å². The Balaban J connectivity index is 2.68. The first-order valence-corrected chi connectivity index (χ1v) is 6.17. The highest BCUT2D eigenvalue weighted by Crippen LogP contribution is 2.31. The summed E-state index contributed by atoms with van der Waals surface area (Å²) in [5.41, 5.74) is -0.663. The Bertz CT molecular complexity index is 343. The predicted octanol–water partition coefficient (Wildman–Crippen LogP) is 4.07. The van der Waals surface area contributed by atoms with Crippen LogP contribution in [0.1, 0.15) is 12.5 Å². The van der Waals surface area contributed by atoms with Crippen LogP contribution in [0.2, 0.25) is 0 Å². The van der Waals surface area contributed by atoms with Crippen LogP contribution in [0.5, 0.6) is 0 Å². The van der Waals surface area contributed by atoms with Gasteiger partial charge in [-0.1, -0.05) is 6.92 Å². The zero-order valence-corrected chi connectivity index (χ0v) is 10.2. The third kappa shape index (κ3) is 4.22. The predicted molar refractivity (Wildman–Crippen MR) is 59.8 cm³/mol. The summed E-state index contributed by atoms with van der Waals surface area (Å²) in [5, 5.41) is 0.381. The molecule has 0 N–H and O–H groups in total. The normalized spacial score (nSPS) is 13.8. The number of hydrogen-bond donors (Lipinski definition) is 0.